The average molecular weight is 296 g/mol. The second-order valence-corrected chi connectivity index (χ2v) is 5.52. The number of phenolic OH excluding ortho intramolecular Hbond substituents is 1. The van der Waals surface area contributed by atoms with E-state index in [1.165, 1.54) is 6.26 Å². The molecule has 2 rings (SSSR count). The fourth-order valence-corrected chi connectivity index (χ4v) is 2.35. The number of rotatable bonds is 5. The van der Waals surface area contributed by atoms with Crippen molar-refractivity contribution < 1.29 is 14.6 Å². The number of benzene rings is 1. The summed E-state index contributed by atoms with van der Waals surface area (Å²) in [5, 5.41) is 23.9. The van der Waals surface area contributed by atoms with Crippen LogP contribution in [-0.4, -0.2) is 16.8 Å². The van der Waals surface area contributed by atoms with Crippen LogP contribution in [-0.2, 0) is 12.1 Å². The van der Waals surface area contributed by atoms with Crippen LogP contribution < -0.4 is 5.32 Å². The van der Waals surface area contributed by atoms with Crippen LogP contribution in [0.4, 0.5) is 0 Å². The zero-order chi connectivity index (χ0) is 14.8. The van der Waals surface area contributed by atoms with Crippen molar-refractivity contribution in [1.29, 1.82) is 0 Å². The van der Waals surface area contributed by atoms with Crippen LogP contribution >= 0.6 is 11.6 Å². The third-order valence-electron chi connectivity index (χ3n) is 3.18. The Hall–Kier alpha value is -1.49. The first-order valence-electron chi connectivity index (χ1n) is 6.35. The van der Waals surface area contributed by atoms with E-state index in [-0.39, 0.29) is 5.75 Å². The first-order chi connectivity index (χ1) is 9.40. The van der Waals surface area contributed by atoms with Crippen LogP contribution in [0.15, 0.2) is 34.9 Å². The predicted octanol–water partition coefficient (Wildman–Crippen LogP) is 2.94. The molecule has 4 nitrogen and oxygen atoms in total. The van der Waals surface area contributed by atoms with E-state index in [1.807, 2.05) is 0 Å². The lowest BCUT2D eigenvalue weighted by Crippen LogP contribution is -2.34. The molecule has 1 aromatic heterocycles. The second kappa shape index (κ2) is 5.87. The minimum Gasteiger partial charge on any atom is -0.507 e. The number of furan rings is 1. The topological polar surface area (TPSA) is 65.6 Å². The van der Waals surface area contributed by atoms with Crippen molar-refractivity contribution in [3.63, 3.8) is 0 Å². The molecule has 20 heavy (non-hydrogen) atoms. The highest BCUT2D eigenvalue weighted by Gasteiger charge is 2.25. The third kappa shape index (κ3) is 3.33. The highest BCUT2D eigenvalue weighted by molar-refractivity contribution is 6.30. The molecule has 1 heterocycles. The van der Waals surface area contributed by atoms with E-state index in [1.54, 1.807) is 38.1 Å². The zero-order valence-electron chi connectivity index (χ0n) is 11.5. The summed E-state index contributed by atoms with van der Waals surface area (Å²) in [7, 11) is 0. The summed E-state index contributed by atoms with van der Waals surface area (Å²) in [4.78, 5) is 0. The molecule has 1 atom stereocenters. The summed E-state index contributed by atoms with van der Waals surface area (Å²) >= 11 is 5.97. The van der Waals surface area contributed by atoms with Crippen molar-refractivity contribution in [2.75, 3.05) is 6.54 Å². The van der Waals surface area contributed by atoms with E-state index in [4.69, 9.17) is 16.0 Å². The molecule has 0 bridgehead atoms. The van der Waals surface area contributed by atoms with Gasteiger partial charge in [0.15, 0.2) is 0 Å². The first-order valence-corrected chi connectivity index (χ1v) is 6.73. The molecular formula is C15H18ClNO3. The molecule has 0 radical (unpaired) electrons. The Kier molecular flexibility index (Phi) is 4.38. The summed E-state index contributed by atoms with van der Waals surface area (Å²) in [5.41, 5.74) is 0.324. The van der Waals surface area contributed by atoms with Crippen molar-refractivity contribution in [3.05, 3.63) is 52.4 Å². The van der Waals surface area contributed by atoms with E-state index in [0.717, 1.165) is 5.56 Å². The quantitative estimate of drug-likeness (QED) is 0.793. The van der Waals surface area contributed by atoms with E-state index in [0.29, 0.717) is 29.4 Å². The molecule has 0 aliphatic heterocycles. The molecule has 0 aliphatic rings. The minimum atomic E-state index is -1.10. The fraction of sp³-hybridized carbons (Fsp3) is 0.333. The SMILES string of the molecule is Cc1cc(Cl)cc(CNCC(C)(O)c2ccco2)c1O. The van der Waals surface area contributed by atoms with E-state index >= 15 is 0 Å². The third-order valence-corrected chi connectivity index (χ3v) is 3.40. The van der Waals surface area contributed by atoms with Crippen LogP contribution in [0.2, 0.25) is 5.02 Å². The van der Waals surface area contributed by atoms with Crippen molar-refractivity contribution in [3.8, 4) is 5.75 Å². The number of aryl methyl sites for hydroxylation is 1. The molecule has 1 aromatic carbocycles. The highest BCUT2D eigenvalue weighted by atomic mass is 35.5. The monoisotopic (exact) mass is 295 g/mol. The van der Waals surface area contributed by atoms with Gasteiger partial charge in [-0.05, 0) is 43.7 Å². The summed E-state index contributed by atoms with van der Waals surface area (Å²) in [5.74, 6) is 0.719. The molecule has 0 spiro atoms. The van der Waals surface area contributed by atoms with Gasteiger partial charge in [0.25, 0.3) is 0 Å². The molecule has 0 saturated carbocycles. The molecule has 3 N–H and O–H groups in total. The number of hydrogen-bond acceptors (Lipinski definition) is 4. The fourth-order valence-electron chi connectivity index (χ4n) is 2.05. The molecule has 2 aromatic rings. The maximum Gasteiger partial charge on any atom is 0.136 e. The first kappa shape index (κ1) is 14.9. The van der Waals surface area contributed by atoms with Crippen molar-refractivity contribution in [2.45, 2.75) is 26.0 Å². The number of halogens is 1. The molecule has 0 fully saturated rings. The van der Waals surface area contributed by atoms with Gasteiger partial charge in [0, 0.05) is 23.7 Å². The maximum atomic E-state index is 10.3. The summed E-state index contributed by atoms with van der Waals surface area (Å²) < 4.78 is 5.20. The Bertz CT molecular complexity index is 579. The minimum absolute atomic E-state index is 0.222. The van der Waals surface area contributed by atoms with Gasteiger partial charge in [0.2, 0.25) is 0 Å². The van der Waals surface area contributed by atoms with E-state index in [2.05, 4.69) is 5.32 Å². The molecule has 108 valence electrons. The largest absolute Gasteiger partial charge is 0.507 e. The van der Waals surface area contributed by atoms with Crippen molar-refractivity contribution in [1.82, 2.24) is 5.32 Å². The van der Waals surface area contributed by atoms with Crippen molar-refractivity contribution in [2.24, 2.45) is 0 Å². The number of nitrogens with one attached hydrogen (secondary N) is 1. The van der Waals surface area contributed by atoms with Gasteiger partial charge in [-0.3, -0.25) is 0 Å². The van der Waals surface area contributed by atoms with Gasteiger partial charge in [-0.1, -0.05) is 11.6 Å². The van der Waals surface area contributed by atoms with Gasteiger partial charge in [0.05, 0.1) is 6.26 Å². The van der Waals surface area contributed by atoms with Gasteiger partial charge in [-0.25, -0.2) is 0 Å². The summed E-state index contributed by atoms with van der Waals surface area (Å²) in [6.07, 6.45) is 1.52. The number of aromatic hydroxyl groups is 1. The van der Waals surface area contributed by atoms with E-state index in [9.17, 15) is 10.2 Å². The van der Waals surface area contributed by atoms with Gasteiger partial charge in [-0.15, -0.1) is 0 Å². The Balaban J connectivity index is 2.00. The van der Waals surface area contributed by atoms with Gasteiger partial charge >= 0.3 is 0 Å². The number of aliphatic hydroxyl groups is 1. The molecule has 0 aliphatic carbocycles. The van der Waals surface area contributed by atoms with Crippen LogP contribution in [0.3, 0.4) is 0 Å². The number of phenols is 1. The smallest absolute Gasteiger partial charge is 0.136 e. The standard InChI is InChI=1S/C15H18ClNO3/c1-10-6-12(16)7-11(14(10)18)8-17-9-15(2,19)13-4-3-5-20-13/h3-7,17-19H,8-9H2,1-2H3. The van der Waals surface area contributed by atoms with Gasteiger partial charge < -0.3 is 19.9 Å². The second-order valence-electron chi connectivity index (χ2n) is 5.09. The lowest BCUT2D eigenvalue weighted by molar-refractivity contribution is 0.0340. The van der Waals surface area contributed by atoms with Crippen molar-refractivity contribution >= 4 is 11.6 Å². The zero-order valence-corrected chi connectivity index (χ0v) is 12.2. The average Bonchev–Trinajstić information content (AvgIpc) is 2.89. The van der Waals surface area contributed by atoms with Gasteiger partial charge in [0.1, 0.15) is 17.1 Å². The predicted molar refractivity (Wildman–Crippen MR) is 77.8 cm³/mol. The van der Waals surface area contributed by atoms with Crippen LogP contribution in [0.5, 0.6) is 5.75 Å². The normalized spacial score (nSPS) is 14.2. The Morgan fingerprint density at radius 1 is 1.40 bits per heavy atom. The van der Waals surface area contributed by atoms with Crippen LogP contribution in [0.25, 0.3) is 0 Å². The Morgan fingerprint density at radius 2 is 2.15 bits per heavy atom. The summed E-state index contributed by atoms with van der Waals surface area (Å²) in [6.45, 7) is 4.17. The number of hydrogen-bond donors (Lipinski definition) is 3. The van der Waals surface area contributed by atoms with Gasteiger partial charge in [-0.2, -0.15) is 0 Å². The Labute approximate surface area is 123 Å². The molecule has 0 saturated heterocycles. The van der Waals surface area contributed by atoms with Crippen LogP contribution in [0.1, 0.15) is 23.8 Å². The molecule has 0 amide bonds. The maximum absolute atomic E-state index is 10.3. The van der Waals surface area contributed by atoms with Crippen LogP contribution in [0, 0.1) is 6.92 Å². The lowest BCUT2D eigenvalue weighted by atomic mass is 10.0. The molecule has 5 heteroatoms. The highest BCUT2D eigenvalue weighted by Crippen LogP contribution is 2.26. The summed E-state index contributed by atoms with van der Waals surface area (Å²) in [6, 6.07) is 6.87. The Morgan fingerprint density at radius 3 is 2.80 bits per heavy atom. The van der Waals surface area contributed by atoms with E-state index < -0.39 is 5.60 Å². The lowest BCUT2D eigenvalue weighted by Gasteiger charge is -2.21. The molecule has 1 unspecified atom stereocenters. The molecular weight excluding hydrogens is 278 g/mol.